The van der Waals surface area contributed by atoms with Crippen molar-refractivity contribution in [3.63, 3.8) is 0 Å². The molecule has 0 unspecified atom stereocenters. The molecule has 116 valence electrons. The lowest BCUT2D eigenvalue weighted by Gasteiger charge is -2.14. The number of amides is 1. The van der Waals surface area contributed by atoms with Gasteiger partial charge in [0.1, 0.15) is 5.75 Å². The second-order valence-electron chi connectivity index (χ2n) is 4.89. The van der Waals surface area contributed by atoms with Crippen molar-refractivity contribution in [3.05, 3.63) is 60.2 Å². The molecule has 0 fully saturated rings. The molecule has 2 aromatic rings. The molecule has 2 rings (SSSR count). The van der Waals surface area contributed by atoms with E-state index in [-0.39, 0.29) is 11.9 Å². The first-order valence-electron chi connectivity index (χ1n) is 7.39. The quantitative estimate of drug-likeness (QED) is 0.783. The van der Waals surface area contributed by atoms with Crippen molar-refractivity contribution in [1.29, 1.82) is 0 Å². The van der Waals surface area contributed by atoms with E-state index in [1.807, 2.05) is 68.4 Å². The van der Waals surface area contributed by atoms with Crippen LogP contribution in [0.15, 0.2) is 59.5 Å². The molecule has 4 heteroatoms. The molecular formula is C18H21NO2S. The van der Waals surface area contributed by atoms with E-state index < -0.39 is 0 Å². The minimum atomic E-state index is 0.0228. The average Bonchev–Trinajstić information content (AvgIpc) is 2.55. The number of benzene rings is 2. The molecule has 0 aliphatic carbocycles. The average molecular weight is 315 g/mol. The summed E-state index contributed by atoms with van der Waals surface area (Å²) in [7, 11) is 0. The van der Waals surface area contributed by atoms with E-state index in [4.69, 9.17) is 4.74 Å². The van der Waals surface area contributed by atoms with Gasteiger partial charge in [0.2, 0.25) is 5.91 Å². The monoisotopic (exact) mass is 315 g/mol. The van der Waals surface area contributed by atoms with Crippen LogP contribution in [0.2, 0.25) is 0 Å². The molecule has 22 heavy (non-hydrogen) atoms. The molecule has 1 N–H and O–H groups in total. The summed E-state index contributed by atoms with van der Waals surface area (Å²) in [6.45, 7) is 4.61. The van der Waals surface area contributed by atoms with E-state index in [2.05, 4.69) is 5.32 Å². The fraction of sp³-hybridized carbons (Fsp3) is 0.278. The number of thioether (sulfide) groups is 1. The first-order valence-corrected chi connectivity index (χ1v) is 8.37. The maximum Gasteiger partial charge on any atom is 0.230 e. The zero-order valence-corrected chi connectivity index (χ0v) is 13.7. The topological polar surface area (TPSA) is 38.3 Å². The molecule has 0 radical (unpaired) electrons. The lowest BCUT2D eigenvalue weighted by molar-refractivity contribution is -0.119. The predicted molar refractivity (Wildman–Crippen MR) is 91.3 cm³/mol. The molecule has 1 amide bonds. The summed E-state index contributed by atoms with van der Waals surface area (Å²) in [5, 5.41) is 3.01. The van der Waals surface area contributed by atoms with E-state index >= 15 is 0 Å². The number of carbonyl (C=O) groups is 1. The van der Waals surface area contributed by atoms with Gasteiger partial charge in [-0.15, -0.1) is 11.8 Å². The second kappa shape index (κ2) is 8.49. The fourth-order valence-corrected chi connectivity index (χ4v) is 2.77. The second-order valence-corrected chi connectivity index (χ2v) is 5.94. The van der Waals surface area contributed by atoms with Gasteiger partial charge in [-0.3, -0.25) is 4.79 Å². The van der Waals surface area contributed by atoms with Crippen LogP contribution < -0.4 is 10.1 Å². The molecule has 0 saturated carbocycles. The predicted octanol–water partition coefficient (Wildman–Crippen LogP) is 4.05. The van der Waals surface area contributed by atoms with E-state index in [9.17, 15) is 4.79 Å². The third-order valence-corrected chi connectivity index (χ3v) is 4.19. The third-order valence-electron chi connectivity index (χ3n) is 3.18. The van der Waals surface area contributed by atoms with Gasteiger partial charge in [0.05, 0.1) is 18.4 Å². The summed E-state index contributed by atoms with van der Waals surface area (Å²) < 4.78 is 5.40. The van der Waals surface area contributed by atoms with Crippen LogP contribution in [0.5, 0.6) is 5.75 Å². The van der Waals surface area contributed by atoms with Gasteiger partial charge in [0, 0.05) is 4.90 Å². The maximum absolute atomic E-state index is 12.0. The van der Waals surface area contributed by atoms with Gasteiger partial charge in [0.15, 0.2) is 0 Å². The maximum atomic E-state index is 12.0. The summed E-state index contributed by atoms with van der Waals surface area (Å²) in [4.78, 5) is 13.1. The normalized spacial score (nSPS) is 11.7. The van der Waals surface area contributed by atoms with E-state index in [0.29, 0.717) is 12.4 Å². The lowest BCUT2D eigenvalue weighted by Crippen LogP contribution is -2.28. The van der Waals surface area contributed by atoms with Crippen LogP contribution in [0.3, 0.4) is 0 Å². The van der Waals surface area contributed by atoms with Crippen molar-refractivity contribution < 1.29 is 9.53 Å². The van der Waals surface area contributed by atoms with Crippen LogP contribution in [-0.4, -0.2) is 18.3 Å². The number of hydrogen-bond donors (Lipinski definition) is 1. The summed E-state index contributed by atoms with van der Waals surface area (Å²) in [6, 6.07) is 17.8. The molecule has 0 heterocycles. The number of ether oxygens (including phenoxy) is 1. The van der Waals surface area contributed by atoms with Crippen LogP contribution in [0.25, 0.3) is 0 Å². The van der Waals surface area contributed by atoms with Crippen molar-refractivity contribution in [3.8, 4) is 5.75 Å². The molecule has 1 atom stereocenters. The molecular weight excluding hydrogens is 294 g/mol. The Labute approximate surface area is 136 Å². The van der Waals surface area contributed by atoms with E-state index in [1.54, 1.807) is 0 Å². The minimum absolute atomic E-state index is 0.0228. The number of rotatable bonds is 7. The zero-order valence-electron chi connectivity index (χ0n) is 12.9. The highest BCUT2D eigenvalue weighted by atomic mass is 32.2. The summed E-state index contributed by atoms with van der Waals surface area (Å²) in [5.41, 5.74) is 1.11. The third kappa shape index (κ3) is 5.11. The molecule has 2 aromatic carbocycles. The molecule has 3 nitrogen and oxygen atoms in total. The Morgan fingerprint density at radius 3 is 2.45 bits per heavy atom. The standard InChI is InChI=1S/C18H21NO2S/c1-3-21-16-9-11-17(12-10-16)22-13-18(20)19-14(2)15-7-5-4-6-8-15/h4-12,14H,3,13H2,1-2H3,(H,19,20)/t14-/m1/s1. The molecule has 0 aliphatic heterocycles. The summed E-state index contributed by atoms with van der Waals surface area (Å²) in [5.74, 6) is 1.30. The van der Waals surface area contributed by atoms with Crippen molar-refractivity contribution in [2.75, 3.05) is 12.4 Å². The Kier molecular flexibility index (Phi) is 6.34. The smallest absolute Gasteiger partial charge is 0.230 e. The lowest BCUT2D eigenvalue weighted by atomic mass is 10.1. The van der Waals surface area contributed by atoms with Crippen LogP contribution in [0.4, 0.5) is 0 Å². The van der Waals surface area contributed by atoms with Crippen molar-refractivity contribution in [2.24, 2.45) is 0 Å². The molecule has 0 aliphatic rings. The Balaban J connectivity index is 1.80. The van der Waals surface area contributed by atoms with E-state index in [1.165, 1.54) is 11.8 Å². The van der Waals surface area contributed by atoms with Crippen LogP contribution >= 0.6 is 11.8 Å². The van der Waals surface area contributed by atoms with Gasteiger partial charge in [-0.05, 0) is 43.7 Å². The largest absolute Gasteiger partial charge is 0.494 e. The summed E-state index contributed by atoms with van der Waals surface area (Å²) >= 11 is 1.52. The van der Waals surface area contributed by atoms with Crippen molar-refractivity contribution in [2.45, 2.75) is 24.8 Å². The van der Waals surface area contributed by atoms with Gasteiger partial charge in [-0.2, -0.15) is 0 Å². The Bertz CT molecular complexity index is 584. The number of carbonyl (C=O) groups excluding carboxylic acids is 1. The first-order chi connectivity index (χ1) is 10.7. The SMILES string of the molecule is CCOc1ccc(SCC(=O)N[C@H](C)c2ccccc2)cc1. The van der Waals surface area contributed by atoms with Crippen LogP contribution in [-0.2, 0) is 4.79 Å². The van der Waals surface area contributed by atoms with Crippen molar-refractivity contribution in [1.82, 2.24) is 5.32 Å². The molecule has 0 aromatic heterocycles. The Morgan fingerprint density at radius 2 is 1.82 bits per heavy atom. The number of nitrogens with one attached hydrogen (secondary N) is 1. The van der Waals surface area contributed by atoms with Gasteiger partial charge in [-0.1, -0.05) is 30.3 Å². The molecule has 0 saturated heterocycles. The highest BCUT2D eigenvalue weighted by Crippen LogP contribution is 2.21. The summed E-state index contributed by atoms with van der Waals surface area (Å²) in [6.07, 6.45) is 0. The van der Waals surface area contributed by atoms with Gasteiger partial charge < -0.3 is 10.1 Å². The highest BCUT2D eigenvalue weighted by molar-refractivity contribution is 8.00. The number of hydrogen-bond acceptors (Lipinski definition) is 3. The van der Waals surface area contributed by atoms with Gasteiger partial charge >= 0.3 is 0 Å². The zero-order chi connectivity index (χ0) is 15.8. The Hall–Kier alpha value is -1.94. The van der Waals surface area contributed by atoms with Gasteiger partial charge in [-0.25, -0.2) is 0 Å². The first kappa shape index (κ1) is 16.4. The minimum Gasteiger partial charge on any atom is -0.494 e. The van der Waals surface area contributed by atoms with Crippen molar-refractivity contribution >= 4 is 17.7 Å². The van der Waals surface area contributed by atoms with Crippen LogP contribution in [0, 0.1) is 0 Å². The fourth-order valence-electron chi connectivity index (χ4n) is 2.06. The molecule has 0 spiro atoms. The molecule has 0 bridgehead atoms. The highest BCUT2D eigenvalue weighted by Gasteiger charge is 2.09. The van der Waals surface area contributed by atoms with Gasteiger partial charge in [0.25, 0.3) is 0 Å². The van der Waals surface area contributed by atoms with E-state index in [0.717, 1.165) is 16.2 Å². The Morgan fingerprint density at radius 1 is 1.14 bits per heavy atom. The van der Waals surface area contributed by atoms with Crippen LogP contribution in [0.1, 0.15) is 25.5 Å².